The zero-order valence-electron chi connectivity index (χ0n) is 13.8. The predicted molar refractivity (Wildman–Crippen MR) is 95.7 cm³/mol. The largest absolute Gasteiger partial charge is 0.310 e. The van der Waals surface area contributed by atoms with Gasteiger partial charge in [-0.2, -0.15) is 9.78 Å². The fourth-order valence-electron chi connectivity index (χ4n) is 3.13. The number of anilines is 1. The molecule has 1 amide bonds. The molecule has 0 bridgehead atoms. The summed E-state index contributed by atoms with van der Waals surface area (Å²) >= 11 is 5.90. The molecule has 1 atom stereocenters. The lowest BCUT2D eigenvalue weighted by Crippen LogP contribution is -2.28. The van der Waals surface area contributed by atoms with Gasteiger partial charge in [-0.05, 0) is 37.3 Å². The number of hydrogen-bond acceptors (Lipinski definition) is 5. The standard InChI is InChI=1S/C18H14ClN5O2/c1-10-15-13(16(26)11-3-5-12(19)6-4-11)9-14(25)22-17(15)24(23-10)18-20-7-2-8-21-18/h2-8,13H,9H2,1H3,(H,22,25)/t13-/m0/s1. The van der Waals surface area contributed by atoms with E-state index in [-0.39, 0.29) is 18.1 Å². The topological polar surface area (TPSA) is 89.8 Å². The number of Topliss-reactive ketones (excluding diaryl/α,β-unsaturated/α-hetero) is 1. The zero-order chi connectivity index (χ0) is 18.3. The fourth-order valence-corrected chi connectivity index (χ4v) is 3.26. The van der Waals surface area contributed by atoms with Crippen molar-refractivity contribution < 1.29 is 9.59 Å². The Labute approximate surface area is 154 Å². The number of nitrogens with one attached hydrogen (secondary N) is 1. The van der Waals surface area contributed by atoms with Gasteiger partial charge in [0.2, 0.25) is 5.91 Å². The number of carbonyl (C=O) groups is 2. The minimum Gasteiger partial charge on any atom is -0.310 e. The van der Waals surface area contributed by atoms with E-state index in [1.165, 1.54) is 4.68 Å². The molecule has 0 radical (unpaired) electrons. The summed E-state index contributed by atoms with van der Waals surface area (Å²) in [5, 5.41) is 7.79. The van der Waals surface area contributed by atoms with E-state index >= 15 is 0 Å². The molecule has 26 heavy (non-hydrogen) atoms. The van der Waals surface area contributed by atoms with Crippen LogP contribution in [0.1, 0.15) is 34.0 Å². The van der Waals surface area contributed by atoms with Gasteiger partial charge in [0.15, 0.2) is 5.78 Å². The highest BCUT2D eigenvalue weighted by atomic mass is 35.5. The average molecular weight is 368 g/mol. The number of benzene rings is 1. The third-order valence-corrected chi connectivity index (χ3v) is 4.54. The Morgan fingerprint density at radius 2 is 1.92 bits per heavy atom. The molecular formula is C18H14ClN5O2. The van der Waals surface area contributed by atoms with E-state index in [4.69, 9.17) is 11.6 Å². The van der Waals surface area contributed by atoms with Gasteiger partial charge in [-0.3, -0.25) is 9.59 Å². The Hall–Kier alpha value is -3.06. The first-order valence-corrected chi connectivity index (χ1v) is 8.39. The van der Waals surface area contributed by atoms with Gasteiger partial charge in [0, 0.05) is 35.0 Å². The Bertz CT molecular complexity index is 998. The average Bonchev–Trinajstić information content (AvgIpc) is 2.98. The fraction of sp³-hybridized carbons (Fsp3) is 0.167. The first kappa shape index (κ1) is 16.4. The molecule has 3 aromatic rings. The van der Waals surface area contributed by atoms with E-state index in [1.54, 1.807) is 49.6 Å². The smallest absolute Gasteiger partial charge is 0.252 e. The van der Waals surface area contributed by atoms with E-state index in [0.29, 0.717) is 33.6 Å². The summed E-state index contributed by atoms with van der Waals surface area (Å²) in [7, 11) is 0. The van der Waals surface area contributed by atoms with Crippen LogP contribution in [0, 0.1) is 6.92 Å². The molecule has 0 fully saturated rings. The Balaban J connectivity index is 1.81. The van der Waals surface area contributed by atoms with Gasteiger partial charge >= 0.3 is 0 Å². The number of nitrogens with zero attached hydrogens (tertiary/aromatic N) is 4. The second-order valence-electron chi connectivity index (χ2n) is 5.98. The van der Waals surface area contributed by atoms with Gasteiger partial charge in [-0.15, -0.1) is 0 Å². The number of aryl methyl sites for hydroxylation is 1. The molecule has 0 saturated heterocycles. The van der Waals surface area contributed by atoms with Crippen LogP contribution >= 0.6 is 11.6 Å². The number of hydrogen-bond donors (Lipinski definition) is 1. The van der Waals surface area contributed by atoms with Crippen LogP contribution in [0.25, 0.3) is 5.95 Å². The lowest BCUT2D eigenvalue weighted by molar-refractivity contribution is -0.116. The number of rotatable bonds is 3. The molecular weight excluding hydrogens is 354 g/mol. The molecule has 1 aliphatic rings. The molecule has 8 heteroatoms. The minimum absolute atomic E-state index is 0.0661. The van der Waals surface area contributed by atoms with Crippen molar-refractivity contribution in [1.29, 1.82) is 0 Å². The maximum atomic E-state index is 13.0. The summed E-state index contributed by atoms with van der Waals surface area (Å²) in [6.07, 6.45) is 3.25. The third-order valence-electron chi connectivity index (χ3n) is 4.29. The highest BCUT2D eigenvalue weighted by Crippen LogP contribution is 2.37. The number of aromatic nitrogens is 4. The molecule has 0 aliphatic carbocycles. The second-order valence-corrected chi connectivity index (χ2v) is 6.42. The maximum Gasteiger partial charge on any atom is 0.252 e. The highest BCUT2D eigenvalue weighted by molar-refractivity contribution is 6.30. The number of fused-ring (bicyclic) bond motifs is 1. The number of carbonyl (C=O) groups excluding carboxylic acids is 2. The summed E-state index contributed by atoms with van der Waals surface area (Å²) < 4.78 is 1.46. The quantitative estimate of drug-likeness (QED) is 0.719. The Kier molecular flexibility index (Phi) is 4.00. The van der Waals surface area contributed by atoms with Crippen LogP contribution < -0.4 is 5.32 Å². The summed E-state index contributed by atoms with van der Waals surface area (Å²) in [4.78, 5) is 33.6. The molecule has 1 aromatic carbocycles. The van der Waals surface area contributed by atoms with Crippen molar-refractivity contribution in [2.45, 2.75) is 19.3 Å². The minimum atomic E-state index is -0.614. The molecule has 0 saturated carbocycles. The normalized spacial score (nSPS) is 16.1. The van der Waals surface area contributed by atoms with E-state index in [9.17, 15) is 9.59 Å². The van der Waals surface area contributed by atoms with Crippen molar-refractivity contribution in [1.82, 2.24) is 19.7 Å². The lowest BCUT2D eigenvalue weighted by Gasteiger charge is -2.22. The predicted octanol–water partition coefficient (Wildman–Crippen LogP) is 2.93. The van der Waals surface area contributed by atoms with Gasteiger partial charge in [-0.1, -0.05) is 11.6 Å². The first-order valence-electron chi connectivity index (χ1n) is 8.01. The van der Waals surface area contributed by atoms with Crippen molar-refractivity contribution in [3.63, 3.8) is 0 Å². The van der Waals surface area contributed by atoms with E-state index in [2.05, 4.69) is 20.4 Å². The summed E-state index contributed by atoms with van der Waals surface area (Å²) in [6, 6.07) is 8.34. The molecule has 0 spiro atoms. The lowest BCUT2D eigenvalue weighted by atomic mass is 9.85. The molecule has 2 aromatic heterocycles. The summed E-state index contributed by atoms with van der Waals surface area (Å²) in [5.74, 6) is -0.234. The molecule has 4 rings (SSSR count). The van der Waals surface area contributed by atoms with Crippen molar-refractivity contribution >= 4 is 29.1 Å². The van der Waals surface area contributed by atoms with Crippen LogP contribution in [0.2, 0.25) is 5.02 Å². The Morgan fingerprint density at radius 1 is 1.23 bits per heavy atom. The first-order chi connectivity index (χ1) is 12.5. The van der Waals surface area contributed by atoms with Gasteiger partial charge < -0.3 is 5.32 Å². The van der Waals surface area contributed by atoms with Crippen LogP contribution in [-0.4, -0.2) is 31.4 Å². The van der Waals surface area contributed by atoms with Crippen molar-refractivity contribution in [3.05, 3.63) is 64.6 Å². The molecule has 7 nitrogen and oxygen atoms in total. The second kappa shape index (κ2) is 6.34. The molecule has 130 valence electrons. The van der Waals surface area contributed by atoms with Gasteiger partial charge in [-0.25, -0.2) is 9.97 Å². The van der Waals surface area contributed by atoms with Crippen molar-refractivity contribution in [3.8, 4) is 5.95 Å². The van der Waals surface area contributed by atoms with Crippen LogP contribution in [0.5, 0.6) is 0 Å². The monoisotopic (exact) mass is 367 g/mol. The number of ketones is 1. The van der Waals surface area contributed by atoms with Crippen LogP contribution in [0.4, 0.5) is 5.82 Å². The van der Waals surface area contributed by atoms with E-state index in [1.807, 2.05) is 0 Å². The van der Waals surface area contributed by atoms with Crippen LogP contribution in [-0.2, 0) is 4.79 Å². The molecule has 3 heterocycles. The van der Waals surface area contributed by atoms with Crippen molar-refractivity contribution in [2.75, 3.05) is 5.32 Å². The van der Waals surface area contributed by atoms with Crippen LogP contribution in [0.15, 0.2) is 42.7 Å². The molecule has 1 aliphatic heterocycles. The molecule has 0 unspecified atom stereocenters. The summed E-state index contributed by atoms with van der Waals surface area (Å²) in [5.41, 5.74) is 1.85. The Morgan fingerprint density at radius 3 is 2.62 bits per heavy atom. The van der Waals surface area contributed by atoms with E-state index < -0.39 is 5.92 Å². The highest BCUT2D eigenvalue weighted by Gasteiger charge is 2.36. The SMILES string of the molecule is Cc1nn(-c2ncccn2)c2c1[C@@H](C(=O)c1ccc(Cl)cc1)CC(=O)N2. The third kappa shape index (κ3) is 2.76. The number of amides is 1. The van der Waals surface area contributed by atoms with Crippen LogP contribution in [0.3, 0.4) is 0 Å². The van der Waals surface area contributed by atoms with Gasteiger partial charge in [0.25, 0.3) is 5.95 Å². The zero-order valence-corrected chi connectivity index (χ0v) is 14.6. The maximum absolute atomic E-state index is 13.0. The van der Waals surface area contributed by atoms with Gasteiger partial charge in [0.1, 0.15) is 5.82 Å². The molecule has 1 N–H and O–H groups in total. The summed E-state index contributed by atoms with van der Waals surface area (Å²) in [6.45, 7) is 1.80. The van der Waals surface area contributed by atoms with E-state index in [0.717, 1.165) is 0 Å². The number of halogens is 1. The van der Waals surface area contributed by atoms with Crippen molar-refractivity contribution in [2.24, 2.45) is 0 Å². The van der Waals surface area contributed by atoms with Gasteiger partial charge in [0.05, 0.1) is 11.6 Å².